The molecule has 0 spiro atoms. The van der Waals surface area contributed by atoms with Gasteiger partial charge in [0.25, 0.3) is 5.91 Å². The summed E-state index contributed by atoms with van der Waals surface area (Å²) in [6.45, 7) is 4.01. The monoisotopic (exact) mass is 256 g/mol. The number of carbonyl (C=O) groups is 1. The number of hydrogen-bond acceptors (Lipinski definition) is 4. The van der Waals surface area contributed by atoms with Crippen LogP contribution in [0.2, 0.25) is 0 Å². The molecule has 1 amide bonds. The molecule has 5 nitrogen and oxygen atoms in total. The van der Waals surface area contributed by atoms with Gasteiger partial charge in [0.2, 0.25) is 0 Å². The normalized spacial score (nSPS) is 10.2. The lowest BCUT2D eigenvalue weighted by atomic mass is 10.1. The lowest BCUT2D eigenvalue weighted by Gasteiger charge is -2.12. The number of nitrogens with one attached hydrogen (secondary N) is 1. The first-order valence-electron chi connectivity index (χ1n) is 6.09. The number of aryl methyl sites for hydroxylation is 2. The number of anilines is 2. The average Bonchev–Trinajstić information content (AvgIpc) is 2.41. The number of hydrogen-bond donors (Lipinski definition) is 2. The highest BCUT2D eigenvalue weighted by Gasteiger charge is 2.11. The van der Waals surface area contributed by atoms with Crippen LogP contribution in [-0.4, -0.2) is 15.9 Å². The van der Waals surface area contributed by atoms with Crippen molar-refractivity contribution in [1.29, 1.82) is 0 Å². The fraction of sp³-hybridized carbons (Fsp3) is 0.214. The second-order valence-corrected chi connectivity index (χ2v) is 4.24. The standard InChI is InChI=1S/C14H16N4O/c1-3-10-6-4-5-9(2)13(10)18-14(19)11-7-17-12(15)8-16-11/h4-8H,3H2,1-2H3,(H2,15,17)(H,18,19). The topological polar surface area (TPSA) is 80.9 Å². The molecule has 0 fully saturated rings. The Morgan fingerprint density at radius 1 is 1.32 bits per heavy atom. The van der Waals surface area contributed by atoms with Crippen LogP contribution in [0.5, 0.6) is 0 Å². The minimum Gasteiger partial charge on any atom is -0.382 e. The van der Waals surface area contributed by atoms with Crippen LogP contribution in [0.1, 0.15) is 28.5 Å². The Labute approximate surface area is 111 Å². The quantitative estimate of drug-likeness (QED) is 0.882. The molecule has 1 aromatic carbocycles. The predicted molar refractivity (Wildman–Crippen MR) is 75.0 cm³/mol. The molecule has 98 valence electrons. The zero-order valence-electron chi connectivity index (χ0n) is 11.0. The first kappa shape index (κ1) is 13.0. The number of nitrogen functional groups attached to an aromatic ring is 1. The van der Waals surface area contributed by atoms with E-state index in [0.29, 0.717) is 5.82 Å². The van der Waals surface area contributed by atoms with E-state index in [1.54, 1.807) is 0 Å². The number of amides is 1. The first-order valence-corrected chi connectivity index (χ1v) is 6.09. The van der Waals surface area contributed by atoms with Crippen LogP contribution >= 0.6 is 0 Å². The number of benzene rings is 1. The third-order valence-electron chi connectivity index (χ3n) is 2.88. The van der Waals surface area contributed by atoms with Crippen LogP contribution < -0.4 is 11.1 Å². The lowest BCUT2D eigenvalue weighted by molar-refractivity contribution is 0.102. The van der Waals surface area contributed by atoms with Gasteiger partial charge in [-0.1, -0.05) is 25.1 Å². The van der Waals surface area contributed by atoms with E-state index in [9.17, 15) is 4.79 Å². The number of nitrogens with zero attached hydrogens (tertiary/aromatic N) is 2. The van der Waals surface area contributed by atoms with Gasteiger partial charge in [-0.3, -0.25) is 4.79 Å². The molecule has 0 aliphatic heterocycles. The van der Waals surface area contributed by atoms with Crippen LogP contribution in [-0.2, 0) is 6.42 Å². The Morgan fingerprint density at radius 2 is 2.11 bits per heavy atom. The summed E-state index contributed by atoms with van der Waals surface area (Å²) in [4.78, 5) is 19.9. The summed E-state index contributed by atoms with van der Waals surface area (Å²) in [7, 11) is 0. The molecule has 3 N–H and O–H groups in total. The SMILES string of the molecule is CCc1cccc(C)c1NC(=O)c1cnc(N)cn1. The van der Waals surface area contributed by atoms with Gasteiger partial charge in [-0.25, -0.2) is 9.97 Å². The molecule has 0 saturated heterocycles. The van der Waals surface area contributed by atoms with Crippen molar-refractivity contribution < 1.29 is 4.79 Å². The average molecular weight is 256 g/mol. The Kier molecular flexibility index (Phi) is 3.75. The molecule has 19 heavy (non-hydrogen) atoms. The molecule has 0 aliphatic rings. The number of carbonyl (C=O) groups excluding carboxylic acids is 1. The number of nitrogens with two attached hydrogens (primary N) is 1. The summed E-state index contributed by atoms with van der Waals surface area (Å²) in [5, 5.41) is 2.88. The molecule has 1 aromatic heterocycles. The van der Waals surface area contributed by atoms with E-state index in [-0.39, 0.29) is 11.6 Å². The van der Waals surface area contributed by atoms with Gasteiger partial charge in [-0.15, -0.1) is 0 Å². The first-order chi connectivity index (χ1) is 9.11. The summed E-state index contributed by atoms with van der Waals surface area (Å²) in [6.07, 6.45) is 3.59. The maximum absolute atomic E-state index is 12.1. The van der Waals surface area contributed by atoms with Crippen LogP contribution in [0.15, 0.2) is 30.6 Å². The van der Waals surface area contributed by atoms with Gasteiger partial charge in [-0.05, 0) is 24.5 Å². The van der Waals surface area contributed by atoms with Crippen LogP contribution in [0.25, 0.3) is 0 Å². The van der Waals surface area contributed by atoms with E-state index >= 15 is 0 Å². The lowest BCUT2D eigenvalue weighted by Crippen LogP contribution is -2.16. The summed E-state index contributed by atoms with van der Waals surface area (Å²) in [5.41, 5.74) is 8.65. The molecule has 0 unspecified atom stereocenters. The van der Waals surface area contributed by atoms with Gasteiger partial charge in [0.15, 0.2) is 0 Å². The number of rotatable bonds is 3. The van der Waals surface area contributed by atoms with Crippen molar-refractivity contribution in [3.8, 4) is 0 Å². The fourth-order valence-electron chi connectivity index (χ4n) is 1.83. The van der Waals surface area contributed by atoms with Crippen molar-refractivity contribution in [3.63, 3.8) is 0 Å². The van der Waals surface area contributed by atoms with Gasteiger partial charge in [0.05, 0.1) is 12.4 Å². The highest BCUT2D eigenvalue weighted by Crippen LogP contribution is 2.21. The molecule has 0 bridgehead atoms. The van der Waals surface area contributed by atoms with Gasteiger partial charge >= 0.3 is 0 Å². The van der Waals surface area contributed by atoms with Gasteiger partial charge in [0.1, 0.15) is 11.5 Å². The molecular weight excluding hydrogens is 240 g/mol. The smallest absolute Gasteiger partial charge is 0.275 e. The zero-order chi connectivity index (χ0) is 13.8. The maximum atomic E-state index is 12.1. The number of para-hydroxylation sites is 1. The minimum atomic E-state index is -0.281. The van der Waals surface area contributed by atoms with E-state index in [2.05, 4.69) is 15.3 Å². The molecule has 0 radical (unpaired) electrons. The fourth-order valence-corrected chi connectivity index (χ4v) is 1.83. The van der Waals surface area contributed by atoms with Crippen molar-refractivity contribution in [2.45, 2.75) is 20.3 Å². The van der Waals surface area contributed by atoms with Crippen molar-refractivity contribution in [2.24, 2.45) is 0 Å². The molecule has 2 aromatic rings. The van der Waals surface area contributed by atoms with Gasteiger partial charge in [0, 0.05) is 5.69 Å². The largest absolute Gasteiger partial charge is 0.382 e. The number of aromatic nitrogens is 2. The van der Waals surface area contributed by atoms with E-state index in [0.717, 1.165) is 23.2 Å². The molecule has 1 heterocycles. The van der Waals surface area contributed by atoms with E-state index in [1.807, 2.05) is 32.0 Å². The highest BCUT2D eigenvalue weighted by atomic mass is 16.1. The van der Waals surface area contributed by atoms with Crippen LogP contribution in [0.4, 0.5) is 11.5 Å². The maximum Gasteiger partial charge on any atom is 0.275 e. The second kappa shape index (κ2) is 5.48. The van der Waals surface area contributed by atoms with Crippen molar-refractivity contribution >= 4 is 17.4 Å². The van der Waals surface area contributed by atoms with Gasteiger partial charge < -0.3 is 11.1 Å². The second-order valence-electron chi connectivity index (χ2n) is 4.24. The summed E-state index contributed by atoms with van der Waals surface area (Å²) < 4.78 is 0. The van der Waals surface area contributed by atoms with E-state index in [1.165, 1.54) is 12.4 Å². The van der Waals surface area contributed by atoms with E-state index < -0.39 is 0 Å². The van der Waals surface area contributed by atoms with Crippen LogP contribution in [0, 0.1) is 6.92 Å². The van der Waals surface area contributed by atoms with Crippen LogP contribution in [0.3, 0.4) is 0 Å². The Morgan fingerprint density at radius 3 is 2.74 bits per heavy atom. The summed E-state index contributed by atoms with van der Waals surface area (Å²) in [6, 6.07) is 5.94. The molecule has 0 atom stereocenters. The third kappa shape index (κ3) is 2.88. The molecule has 5 heteroatoms. The van der Waals surface area contributed by atoms with E-state index in [4.69, 9.17) is 5.73 Å². The molecular formula is C14H16N4O. The zero-order valence-corrected chi connectivity index (χ0v) is 11.0. The summed E-state index contributed by atoms with van der Waals surface area (Å²) in [5.74, 6) is 0.0122. The molecule has 0 aliphatic carbocycles. The van der Waals surface area contributed by atoms with Crippen molar-refractivity contribution in [1.82, 2.24) is 9.97 Å². The Hall–Kier alpha value is -2.43. The molecule has 2 rings (SSSR count). The Balaban J connectivity index is 2.26. The minimum absolute atomic E-state index is 0.250. The predicted octanol–water partition coefficient (Wildman–Crippen LogP) is 2.18. The third-order valence-corrected chi connectivity index (χ3v) is 2.88. The Bertz CT molecular complexity index is 593. The highest BCUT2D eigenvalue weighted by molar-refractivity contribution is 6.03. The van der Waals surface area contributed by atoms with Crippen molar-refractivity contribution in [3.05, 3.63) is 47.4 Å². The van der Waals surface area contributed by atoms with Gasteiger partial charge in [-0.2, -0.15) is 0 Å². The molecule has 0 saturated carbocycles. The summed E-state index contributed by atoms with van der Waals surface area (Å²) >= 11 is 0. The van der Waals surface area contributed by atoms with Crippen molar-refractivity contribution in [2.75, 3.05) is 11.1 Å².